The first-order valence-electron chi connectivity index (χ1n) is 13.9. The fraction of sp³-hybridized carbons (Fsp3) is 0.333. The van der Waals surface area contributed by atoms with Crippen molar-refractivity contribution in [2.24, 2.45) is 0 Å². The molecule has 0 bridgehead atoms. The second kappa shape index (κ2) is 12.3. The smallest absolute Gasteiger partial charge is 0.273 e. The molecule has 0 spiro atoms. The zero-order chi connectivity index (χ0) is 28.1. The van der Waals surface area contributed by atoms with Gasteiger partial charge in [-0.25, -0.2) is 0 Å². The lowest BCUT2D eigenvalue weighted by Crippen LogP contribution is -2.31. The Balaban J connectivity index is 1.46. The molecule has 208 valence electrons. The van der Waals surface area contributed by atoms with Gasteiger partial charge >= 0.3 is 0 Å². The Morgan fingerprint density at radius 2 is 1.68 bits per heavy atom. The standard InChI is InChI=1S/C33H37N3O4/c1-5-6-7-20-40-26-15-13-25(14-16-26)32-29-30(24-11-8-22(2)9-12-24)34-35-31(29)33(37)36(32)19-18-23-10-17-27(38-3)28(21-23)39-4/h8-17,21,32H,5-7,18-20H2,1-4H3,(H,34,35). The number of ether oxygens (including phenoxy) is 3. The Bertz CT molecular complexity index is 1440. The number of amides is 1. The summed E-state index contributed by atoms with van der Waals surface area (Å²) in [5.41, 5.74) is 6.52. The third-order valence-electron chi connectivity index (χ3n) is 7.49. The van der Waals surface area contributed by atoms with E-state index >= 15 is 0 Å². The van der Waals surface area contributed by atoms with E-state index in [4.69, 9.17) is 14.2 Å². The van der Waals surface area contributed by atoms with E-state index in [-0.39, 0.29) is 11.9 Å². The molecular formula is C33H37N3O4. The predicted molar refractivity (Wildman–Crippen MR) is 156 cm³/mol. The van der Waals surface area contributed by atoms with Crippen molar-refractivity contribution in [3.63, 3.8) is 0 Å². The quantitative estimate of drug-likeness (QED) is 0.201. The van der Waals surface area contributed by atoms with Crippen LogP contribution in [0.4, 0.5) is 0 Å². The summed E-state index contributed by atoms with van der Waals surface area (Å²) in [4.78, 5) is 15.7. The summed E-state index contributed by atoms with van der Waals surface area (Å²) < 4.78 is 16.8. The lowest BCUT2D eigenvalue weighted by atomic mass is 9.95. The van der Waals surface area contributed by atoms with Crippen molar-refractivity contribution in [2.45, 2.75) is 45.6 Å². The Hall–Kier alpha value is -4.26. The molecule has 1 amide bonds. The normalized spacial score (nSPS) is 14.3. The minimum Gasteiger partial charge on any atom is -0.494 e. The molecule has 4 aromatic rings. The molecule has 1 atom stereocenters. The summed E-state index contributed by atoms with van der Waals surface area (Å²) in [5, 5.41) is 7.67. The van der Waals surface area contributed by atoms with Gasteiger partial charge in [0.1, 0.15) is 11.4 Å². The molecule has 1 N–H and O–H groups in total. The molecule has 1 unspecified atom stereocenters. The van der Waals surface area contributed by atoms with Crippen LogP contribution in [0.3, 0.4) is 0 Å². The largest absolute Gasteiger partial charge is 0.494 e. The topological polar surface area (TPSA) is 76.7 Å². The number of H-pyrrole nitrogens is 1. The van der Waals surface area contributed by atoms with E-state index in [1.54, 1.807) is 14.2 Å². The lowest BCUT2D eigenvalue weighted by molar-refractivity contribution is 0.0746. The summed E-state index contributed by atoms with van der Waals surface area (Å²) in [7, 11) is 3.25. The summed E-state index contributed by atoms with van der Waals surface area (Å²) in [6.45, 7) is 5.48. The fourth-order valence-corrected chi connectivity index (χ4v) is 5.28. The minimum atomic E-state index is -0.271. The summed E-state index contributed by atoms with van der Waals surface area (Å²) in [5.74, 6) is 2.15. The number of carbonyl (C=O) groups is 1. The van der Waals surface area contributed by atoms with E-state index < -0.39 is 0 Å². The number of fused-ring (bicyclic) bond motifs is 1. The first-order chi connectivity index (χ1) is 19.5. The van der Waals surface area contributed by atoms with E-state index in [9.17, 15) is 4.79 Å². The first-order valence-corrected chi connectivity index (χ1v) is 13.9. The highest BCUT2D eigenvalue weighted by Crippen LogP contribution is 2.43. The highest BCUT2D eigenvalue weighted by atomic mass is 16.5. The van der Waals surface area contributed by atoms with Crippen molar-refractivity contribution in [1.29, 1.82) is 0 Å². The van der Waals surface area contributed by atoms with Crippen molar-refractivity contribution < 1.29 is 19.0 Å². The number of hydrogen-bond donors (Lipinski definition) is 1. The van der Waals surface area contributed by atoms with Crippen molar-refractivity contribution in [3.05, 3.63) is 94.7 Å². The number of methoxy groups -OCH3 is 2. The second-order valence-electron chi connectivity index (χ2n) is 10.2. The number of aryl methyl sites for hydroxylation is 1. The molecular weight excluding hydrogens is 502 g/mol. The van der Waals surface area contributed by atoms with E-state index in [0.717, 1.165) is 53.0 Å². The molecule has 0 aliphatic carbocycles. The van der Waals surface area contributed by atoms with Crippen LogP contribution in [0, 0.1) is 6.92 Å². The Kier molecular flexibility index (Phi) is 8.39. The van der Waals surface area contributed by atoms with Crippen LogP contribution < -0.4 is 14.2 Å². The number of carbonyl (C=O) groups excluding carboxylic acids is 1. The number of nitrogens with one attached hydrogen (secondary N) is 1. The molecule has 5 rings (SSSR count). The molecule has 7 nitrogen and oxygen atoms in total. The van der Waals surface area contributed by atoms with Crippen LogP contribution in [0.2, 0.25) is 0 Å². The molecule has 40 heavy (non-hydrogen) atoms. The molecule has 2 heterocycles. The third kappa shape index (κ3) is 5.55. The third-order valence-corrected chi connectivity index (χ3v) is 7.49. The number of aromatic amines is 1. The van der Waals surface area contributed by atoms with Crippen LogP contribution in [-0.4, -0.2) is 48.4 Å². The maximum absolute atomic E-state index is 13.8. The van der Waals surface area contributed by atoms with E-state index in [1.807, 2.05) is 35.2 Å². The van der Waals surface area contributed by atoms with Gasteiger partial charge in [-0.05, 0) is 55.2 Å². The second-order valence-corrected chi connectivity index (χ2v) is 10.2. The number of rotatable bonds is 12. The molecule has 1 aromatic heterocycles. The summed E-state index contributed by atoms with van der Waals surface area (Å²) in [6.07, 6.45) is 4.02. The number of benzene rings is 3. The first kappa shape index (κ1) is 27.3. The van der Waals surface area contributed by atoms with Crippen LogP contribution in [0.1, 0.15) is 65.0 Å². The highest BCUT2D eigenvalue weighted by Gasteiger charge is 2.42. The highest BCUT2D eigenvalue weighted by molar-refractivity contribution is 6.00. The number of hydrogen-bond acceptors (Lipinski definition) is 5. The zero-order valence-corrected chi connectivity index (χ0v) is 23.7. The summed E-state index contributed by atoms with van der Waals surface area (Å²) >= 11 is 0. The Morgan fingerprint density at radius 3 is 2.38 bits per heavy atom. The minimum absolute atomic E-state index is 0.0498. The van der Waals surface area contributed by atoms with Crippen LogP contribution in [0.5, 0.6) is 17.2 Å². The molecule has 1 aliphatic heterocycles. The van der Waals surface area contributed by atoms with Gasteiger partial charge in [-0.2, -0.15) is 5.10 Å². The van der Waals surface area contributed by atoms with Crippen molar-refractivity contribution in [1.82, 2.24) is 15.1 Å². The van der Waals surface area contributed by atoms with Gasteiger partial charge in [-0.15, -0.1) is 0 Å². The molecule has 7 heteroatoms. The molecule has 0 saturated heterocycles. The lowest BCUT2D eigenvalue weighted by Gasteiger charge is -2.27. The predicted octanol–water partition coefficient (Wildman–Crippen LogP) is 6.76. The molecule has 0 saturated carbocycles. The molecule has 0 fully saturated rings. The van der Waals surface area contributed by atoms with Crippen molar-refractivity contribution >= 4 is 5.91 Å². The van der Waals surface area contributed by atoms with E-state index in [0.29, 0.717) is 36.8 Å². The van der Waals surface area contributed by atoms with Crippen LogP contribution in [-0.2, 0) is 6.42 Å². The molecule has 1 aliphatic rings. The van der Waals surface area contributed by atoms with Gasteiger partial charge in [0, 0.05) is 17.7 Å². The SMILES string of the molecule is CCCCCOc1ccc(C2c3c(-c4ccc(C)cc4)n[nH]c3C(=O)N2CCc2ccc(OC)c(OC)c2)cc1. The maximum atomic E-state index is 13.8. The van der Waals surface area contributed by atoms with E-state index in [1.165, 1.54) is 5.56 Å². The van der Waals surface area contributed by atoms with Gasteiger partial charge in [-0.3, -0.25) is 9.89 Å². The Morgan fingerprint density at radius 1 is 0.925 bits per heavy atom. The summed E-state index contributed by atoms with van der Waals surface area (Å²) in [6, 6.07) is 22.0. The number of unbranched alkanes of at least 4 members (excludes halogenated alkanes) is 2. The van der Waals surface area contributed by atoms with Gasteiger partial charge in [0.05, 0.1) is 32.6 Å². The van der Waals surface area contributed by atoms with Crippen molar-refractivity contribution in [3.8, 4) is 28.5 Å². The van der Waals surface area contributed by atoms with Gasteiger partial charge in [-0.1, -0.05) is 67.8 Å². The number of aromatic nitrogens is 2. The maximum Gasteiger partial charge on any atom is 0.273 e. The van der Waals surface area contributed by atoms with Crippen LogP contribution in [0.25, 0.3) is 11.3 Å². The fourth-order valence-electron chi connectivity index (χ4n) is 5.28. The van der Waals surface area contributed by atoms with Gasteiger partial charge < -0.3 is 19.1 Å². The monoisotopic (exact) mass is 539 g/mol. The molecule has 0 radical (unpaired) electrons. The number of nitrogens with zero attached hydrogens (tertiary/aromatic N) is 2. The average Bonchev–Trinajstić information content (AvgIpc) is 3.53. The zero-order valence-electron chi connectivity index (χ0n) is 23.7. The van der Waals surface area contributed by atoms with Crippen molar-refractivity contribution in [2.75, 3.05) is 27.4 Å². The van der Waals surface area contributed by atoms with Gasteiger partial charge in [0.2, 0.25) is 0 Å². The van der Waals surface area contributed by atoms with Crippen LogP contribution in [0.15, 0.2) is 66.7 Å². The Labute approximate surface area is 236 Å². The van der Waals surface area contributed by atoms with Gasteiger partial charge in [0.15, 0.2) is 11.5 Å². The average molecular weight is 540 g/mol. The van der Waals surface area contributed by atoms with Gasteiger partial charge in [0.25, 0.3) is 5.91 Å². The van der Waals surface area contributed by atoms with Crippen LogP contribution >= 0.6 is 0 Å². The molecule has 3 aromatic carbocycles. The van der Waals surface area contributed by atoms with E-state index in [2.05, 4.69) is 60.4 Å².